The topological polar surface area (TPSA) is 110 Å². The normalized spacial score (nSPS) is 15.1. The lowest BCUT2D eigenvalue weighted by Crippen LogP contribution is -2.37. The van der Waals surface area contributed by atoms with E-state index in [2.05, 4.69) is 5.32 Å². The third-order valence-corrected chi connectivity index (χ3v) is 4.91. The van der Waals surface area contributed by atoms with E-state index in [-0.39, 0.29) is 34.8 Å². The van der Waals surface area contributed by atoms with Crippen LogP contribution in [0, 0.1) is 15.9 Å². The minimum Gasteiger partial charge on any atom is -0.350 e. The minimum atomic E-state index is -0.612. The molecule has 1 heterocycles. The van der Waals surface area contributed by atoms with Crippen molar-refractivity contribution in [1.82, 2.24) is 10.2 Å². The van der Waals surface area contributed by atoms with E-state index < -0.39 is 27.8 Å². The van der Waals surface area contributed by atoms with E-state index in [4.69, 9.17) is 0 Å². The number of rotatable bonds is 6. The Kier molecular flexibility index (Phi) is 6.03. The van der Waals surface area contributed by atoms with E-state index in [0.717, 1.165) is 11.0 Å². The number of imide groups is 1. The first-order valence-electron chi connectivity index (χ1n) is 8.39. The Bertz CT molecular complexity index is 1040. The number of hydrogen-bond acceptors (Lipinski definition) is 6. The van der Waals surface area contributed by atoms with Crippen molar-refractivity contribution >= 4 is 40.6 Å². The average Bonchev–Trinajstić information content (AvgIpc) is 2.97. The number of nitro groups is 1. The Labute approximate surface area is 168 Å². The van der Waals surface area contributed by atoms with E-state index in [1.807, 2.05) is 0 Å². The molecule has 2 aromatic rings. The number of nitrogens with one attached hydrogen (secondary N) is 1. The molecule has 3 rings (SSSR count). The minimum absolute atomic E-state index is 0.0352. The predicted molar refractivity (Wildman–Crippen MR) is 105 cm³/mol. The number of hydrogen-bond donors (Lipinski definition) is 1. The molecule has 0 aromatic heterocycles. The number of thioether (sulfide) groups is 1. The van der Waals surface area contributed by atoms with E-state index in [9.17, 15) is 28.9 Å². The molecule has 0 bridgehead atoms. The summed E-state index contributed by atoms with van der Waals surface area (Å²) in [5, 5.41) is 12.8. The summed E-state index contributed by atoms with van der Waals surface area (Å²) in [6, 6.07) is 11.1. The van der Waals surface area contributed by atoms with E-state index in [1.54, 1.807) is 6.07 Å². The first kappa shape index (κ1) is 20.2. The Morgan fingerprint density at radius 2 is 1.97 bits per heavy atom. The third kappa shape index (κ3) is 4.66. The highest BCUT2D eigenvalue weighted by molar-refractivity contribution is 8.18. The lowest BCUT2D eigenvalue weighted by molar-refractivity contribution is -0.384. The average molecular weight is 415 g/mol. The molecule has 1 fully saturated rings. The van der Waals surface area contributed by atoms with Crippen molar-refractivity contribution in [2.45, 2.75) is 0 Å². The molecule has 1 aliphatic heterocycles. The van der Waals surface area contributed by atoms with Crippen molar-refractivity contribution < 1.29 is 23.7 Å². The van der Waals surface area contributed by atoms with Gasteiger partial charge in [0.05, 0.1) is 9.83 Å². The number of nitrogens with zero attached hydrogens (tertiary/aromatic N) is 2. The summed E-state index contributed by atoms with van der Waals surface area (Å²) in [5.41, 5.74) is 0.0617. The van der Waals surface area contributed by atoms with Crippen LogP contribution in [0.5, 0.6) is 0 Å². The molecule has 10 heteroatoms. The standard InChI is InChI=1S/C19H14FN3O5S/c20-15-7-2-1-4-12(15)11-16-18(25)22(19(26)29-16)9-8-21-17(24)13-5-3-6-14(10-13)23(27)28/h1-7,10-11H,8-9H2,(H,21,24)/b16-11-. The van der Waals surface area contributed by atoms with Gasteiger partial charge < -0.3 is 5.32 Å². The second kappa shape index (κ2) is 8.65. The van der Waals surface area contributed by atoms with Crippen LogP contribution in [0.4, 0.5) is 14.9 Å². The number of non-ortho nitro benzene ring substituents is 1. The molecule has 0 unspecified atom stereocenters. The maximum atomic E-state index is 13.7. The number of carbonyl (C=O) groups is 3. The lowest BCUT2D eigenvalue weighted by atomic mass is 10.2. The molecule has 3 amide bonds. The molecule has 0 saturated carbocycles. The van der Waals surface area contributed by atoms with Crippen molar-refractivity contribution in [1.29, 1.82) is 0 Å². The molecule has 0 aliphatic carbocycles. The Morgan fingerprint density at radius 1 is 1.21 bits per heavy atom. The quantitative estimate of drug-likeness (QED) is 0.441. The van der Waals surface area contributed by atoms with Crippen molar-refractivity contribution in [3.8, 4) is 0 Å². The summed E-state index contributed by atoms with van der Waals surface area (Å²) in [4.78, 5) is 47.8. The second-order valence-electron chi connectivity index (χ2n) is 5.92. The first-order valence-corrected chi connectivity index (χ1v) is 9.21. The van der Waals surface area contributed by atoms with Gasteiger partial charge in [-0.2, -0.15) is 0 Å². The van der Waals surface area contributed by atoms with Crippen molar-refractivity contribution in [3.63, 3.8) is 0 Å². The van der Waals surface area contributed by atoms with Crippen molar-refractivity contribution in [3.05, 3.63) is 80.5 Å². The number of halogens is 1. The monoisotopic (exact) mass is 415 g/mol. The molecule has 8 nitrogen and oxygen atoms in total. The molecule has 29 heavy (non-hydrogen) atoms. The van der Waals surface area contributed by atoms with Crippen LogP contribution in [0.3, 0.4) is 0 Å². The highest BCUT2D eigenvalue weighted by Gasteiger charge is 2.34. The van der Waals surface area contributed by atoms with E-state index in [1.165, 1.54) is 42.5 Å². The van der Waals surface area contributed by atoms with Crippen LogP contribution >= 0.6 is 11.8 Å². The fourth-order valence-corrected chi connectivity index (χ4v) is 3.43. The fourth-order valence-electron chi connectivity index (χ4n) is 2.57. The van der Waals surface area contributed by atoms with Crippen molar-refractivity contribution in [2.75, 3.05) is 13.1 Å². The SMILES string of the molecule is O=C(NCCN1C(=O)S/C(=C\c2ccccc2F)C1=O)c1cccc([N+](=O)[O-])c1. The van der Waals surface area contributed by atoms with Gasteiger partial charge in [-0.1, -0.05) is 24.3 Å². The Balaban J connectivity index is 1.61. The van der Waals surface area contributed by atoms with Gasteiger partial charge in [0, 0.05) is 36.3 Å². The number of amides is 3. The van der Waals surface area contributed by atoms with Crippen LogP contribution in [-0.2, 0) is 4.79 Å². The summed E-state index contributed by atoms with van der Waals surface area (Å²) < 4.78 is 13.7. The molecular weight excluding hydrogens is 401 g/mol. The summed E-state index contributed by atoms with van der Waals surface area (Å²) in [7, 11) is 0. The van der Waals surface area contributed by atoms with Gasteiger partial charge in [0.2, 0.25) is 0 Å². The molecule has 1 aliphatic rings. The number of nitro benzene ring substituents is 1. The molecule has 1 saturated heterocycles. The summed E-state index contributed by atoms with van der Waals surface area (Å²) in [6.45, 7) is -0.119. The van der Waals surface area contributed by atoms with Gasteiger partial charge in [-0.25, -0.2) is 4.39 Å². The zero-order chi connectivity index (χ0) is 21.0. The molecular formula is C19H14FN3O5S. The van der Waals surface area contributed by atoms with Crippen molar-refractivity contribution in [2.24, 2.45) is 0 Å². The van der Waals surface area contributed by atoms with Crippen LogP contribution in [-0.4, -0.2) is 40.0 Å². The fraction of sp³-hybridized carbons (Fsp3) is 0.105. The summed E-state index contributed by atoms with van der Waals surface area (Å²) >= 11 is 0.690. The zero-order valence-electron chi connectivity index (χ0n) is 14.8. The van der Waals surface area contributed by atoms with Gasteiger partial charge in [0.15, 0.2) is 0 Å². The molecule has 1 N–H and O–H groups in total. The maximum absolute atomic E-state index is 13.7. The van der Waals surface area contributed by atoms with E-state index in [0.29, 0.717) is 11.8 Å². The zero-order valence-corrected chi connectivity index (χ0v) is 15.6. The maximum Gasteiger partial charge on any atom is 0.293 e. The predicted octanol–water partition coefficient (Wildman–Crippen LogP) is 3.20. The molecule has 0 spiro atoms. The van der Waals surface area contributed by atoms with Crippen LogP contribution in [0.25, 0.3) is 6.08 Å². The van der Waals surface area contributed by atoms with Crippen LogP contribution < -0.4 is 5.32 Å². The number of benzene rings is 2. The van der Waals surface area contributed by atoms with Gasteiger partial charge >= 0.3 is 0 Å². The largest absolute Gasteiger partial charge is 0.350 e. The highest BCUT2D eigenvalue weighted by atomic mass is 32.2. The van der Waals surface area contributed by atoms with Crippen LogP contribution in [0.1, 0.15) is 15.9 Å². The molecule has 148 valence electrons. The van der Waals surface area contributed by atoms with Crippen LogP contribution in [0.15, 0.2) is 53.4 Å². The highest BCUT2D eigenvalue weighted by Crippen LogP contribution is 2.32. The van der Waals surface area contributed by atoms with Crippen LogP contribution in [0.2, 0.25) is 0 Å². The molecule has 0 radical (unpaired) electrons. The van der Waals surface area contributed by atoms with Gasteiger partial charge in [-0.15, -0.1) is 0 Å². The van der Waals surface area contributed by atoms with Gasteiger partial charge in [0.1, 0.15) is 5.82 Å². The molecule has 0 atom stereocenters. The summed E-state index contributed by atoms with van der Waals surface area (Å²) in [6.07, 6.45) is 1.31. The van der Waals surface area contributed by atoms with Gasteiger partial charge in [0.25, 0.3) is 22.7 Å². The third-order valence-electron chi connectivity index (χ3n) is 4.01. The Morgan fingerprint density at radius 3 is 2.69 bits per heavy atom. The van der Waals surface area contributed by atoms with Gasteiger partial charge in [-0.05, 0) is 30.0 Å². The van der Waals surface area contributed by atoms with Gasteiger partial charge in [-0.3, -0.25) is 29.4 Å². The first-order chi connectivity index (χ1) is 13.9. The Hall–Kier alpha value is -3.53. The summed E-state index contributed by atoms with van der Waals surface area (Å²) in [5.74, 6) is -1.65. The smallest absolute Gasteiger partial charge is 0.293 e. The number of carbonyl (C=O) groups excluding carboxylic acids is 3. The lowest BCUT2D eigenvalue weighted by Gasteiger charge is -2.13. The second-order valence-corrected chi connectivity index (χ2v) is 6.91. The van der Waals surface area contributed by atoms with E-state index >= 15 is 0 Å². The molecule has 2 aromatic carbocycles.